The van der Waals surface area contributed by atoms with E-state index in [1.54, 1.807) is 6.07 Å². The van der Waals surface area contributed by atoms with Crippen molar-refractivity contribution in [2.24, 2.45) is 5.92 Å². The molecule has 0 aromatic heterocycles. The monoisotopic (exact) mass is 410 g/mol. The van der Waals surface area contributed by atoms with Crippen molar-refractivity contribution in [3.8, 4) is 0 Å². The van der Waals surface area contributed by atoms with Gasteiger partial charge in [0.05, 0.1) is 6.04 Å². The summed E-state index contributed by atoms with van der Waals surface area (Å²) in [6.07, 6.45) is 5.00. The van der Waals surface area contributed by atoms with Crippen molar-refractivity contribution in [1.29, 1.82) is 0 Å². The minimum Gasteiger partial charge on any atom is -0.378 e. The standard InChI is InChI=1S/C25H34N2O3/c1-3-4-5-6-7-12-23(28)27-16-18(2)22(17-27)26-25(30)24(29)21-14-13-19-10-8-9-11-20(19)15-21/h8-11,13-15,18,22,24,29H,3-7,12,16-17H2,1-2H3,(H,26,30)/t18-,22+,24-/m0/s1. The minimum atomic E-state index is -1.22. The van der Waals surface area contributed by atoms with Crippen LogP contribution in [-0.4, -0.2) is 41.0 Å². The van der Waals surface area contributed by atoms with E-state index in [4.69, 9.17) is 0 Å². The molecule has 0 bridgehead atoms. The highest BCUT2D eigenvalue weighted by atomic mass is 16.3. The Bertz CT molecular complexity index is 866. The number of unbranched alkanes of at least 4 members (excludes halogenated alkanes) is 4. The van der Waals surface area contributed by atoms with Crippen molar-refractivity contribution in [2.75, 3.05) is 13.1 Å². The summed E-state index contributed by atoms with van der Waals surface area (Å²) in [5.41, 5.74) is 0.580. The molecule has 1 saturated heterocycles. The number of nitrogens with one attached hydrogen (secondary N) is 1. The Kier molecular flexibility index (Phi) is 7.86. The van der Waals surface area contributed by atoms with Gasteiger partial charge in [0, 0.05) is 19.5 Å². The van der Waals surface area contributed by atoms with E-state index in [2.05, 4.69) is 12.2 Å². The van der Waals surface area contributed by atoms with Crippen molar-refractivity contribution in [3.63, 3.8) is 0 Å². The Balaban J connectivity index is 1.52. The number of nitrogens with zero attached hydrogens (tertiary/aromatic N) is 1. The van der Waals surface area contributed by atoms with Gasteiger partial charge in [0.2, 0.25) is 5.91 Å². The molecule has 0 radical (unpaired) electrons. The average molecular weight is 411 g/mol. The highest BCUT2D eigenvalue weighted by Crippen LogP contribution is 2.23. The number of fused-ring (bicyclic) bond motifs is 1. The van der Waals surface area contributed by atoms with Crippen molar-refractivity contribution < 1.29 is 14.7 Å². The van der Waals surface area contributed by atoms with Crippen LogP contribution in [-0.2, 0) is 9.59 Å². The number of benzene rings is 2. The predicted octanol–water partition coefficient (Wildman–Crippen LogP) is 4.20. The molecule has 2 N–H and O–H groups in total. The molecule has 3 atom stereocenters. The molecule has 1 heterocycles. The molecule has 1 aliphatic heterocycles. The molecule has 3 rings (SSSR count). The number of hydrogen-bond acceptors (Lipinski definition) is 3. The summed E-state index contributed by atoms with van der Waals surface area (Å²) in [5.74, 6) is -0.0667. The zero-order valence-electron chi connectivity index (χ0n) is 18.1. The second-order valence-corrected chi connectivity index (χ2v) is 8.56. The maximum absolute atomic E-state index is 12.7. The smallest absolute Gasteiger partial charge is 0.253 e. The highest BCUT2D eigenvalue weighted by Gasteiger charge is 2.34. The van der Waals surface area contributed by atoms with Crippen LogP contribution in [0, 0.1) is 5.92 Å². The highest BCUT2D eigenvalue weighted by molar-refractivity contribution is 5.87. The molecule has 1 aliphatic rings. The maximum atomic E-state index is 12.7. The number of hydrogen-bond donors (Lipinski definition) is 2. The van der Waals surface area contributed by atoms with Crippen molar-refractivity contribution in [2.45, 2.75) is 64.5 Å². The van der Waals surface area contributed by atoms with Crippen molar-refractivity contribution >= 4 is 22.6 Å². The molecule has 162 valence electrons. The van der Waals surface area contributed by atoms with Crippen LogP contribution >= 0.6 is 0 Å². The molecule has 0 unspecified atom stereocenters. The Morgan fingerprint density at radius 3 is 2.57 bits per heavy atom. The second kappa shape index (κ2) is 10.6. The Morgan fingerprint density at radius 2 is 1.80 bits per heavy atom. The maximum Gasteiger partial charge on any atom is 0.253 e. The first-order chi connectivity index (χ1) is 14.5. The lowest BCUT2D eigenvalue weighted by atomic mass is 10.0. The van der Waals surface area contributed by atoms with Gasteiger partial charge in [-0.2, -0.15) is 0 Å². The lowest BCUT2D eigenvalue weighted by Crippen LogP contribution is -2.42. The fourth-order valence-corrected chi connectivity index (χ4v) is 4.19. The summed E-state index contributed by atoms with van der Waals surface area (Å²) in [6.45, 7) is 5.40. The lowest BCUT2D eigenvalue weighted by molar-refractivity contribution is -0.132. The molecule has 0 saturated carbocycles. The van der Waals surface area contributed by atoms with Crippen molar-refractivity contribution in [3.05, 3.63) is 48.0 Å². The predicted molar refractivity (Wildman–Crippen MR) is 120 cm³/mol. The van der Waals surface area contributed by atoms with Crippen LogP contribution in [0.15, 0.2) is 42.5 Å². The SMILES string of the molecule is CCCCCCCC(=O)N1C[C@H](C)[C@H](NC(=O)[C@@H](O)c2ccc3ccccc3c2)C1. The zero-order chi connectivity index (χ0) is 21.5. The topological polar surface area (TPSA) is 69.6 Å². The number of amides is 2. The van der Waals surface area contributed by atoms with Crippen LogP contribution in [0.2, 0.25) is 0 Å². The minimum absolute atomic E-state index is 0.128. The van der Waals surface area contributed by atoms with Crippen LogP contribution in [0.4, 0.5) is 0 Å². The van der Waals surface area contributed by atoms with Gasteiger partial charge in [-0.1, -0.05) is 75.9 Å². The van der Waals surface area contributed by atoms with Gasteiger partial charge in [-0.25, -0.2) is 0 Å². The Labute approximate surface area is 179 Å². The largest absolute Gasteiger partial charge is 0.378 e. The quantitative estimate of drug-likeness (QED) is 0.609. The molecule has 0 aliphatic carbocycles. The third-order valence-electron chi connectivity index (χ3n) is 6.12. The van der Waals surface area contributed by atoms with E-state index in [1.807, 2.05) is 48.2 Å². The van der Waals surface area contributed by atoms with E-state index < -0.39 is 12.0 Å². The summed E-state index contributed by atoms with van der Waals surface area (Å²) in [6, 6.07) is 13.3. The molecule has 2 aromatic rings. The number of rotatable bonds is 9. The first kappa shape index (κ1) is 22.3. The average Bonchev–Trinajstić information content (AvgIpc) is 3.12. The molecule has 2 aromatic carbocycles. The molecule has 30 heavy (non-hydrogen) atoms. The summed E-state index contributed by atoms with van der Waals surface area (Å²) < 4.78 is 0. The van der Waals surface area contributed by atoms with E-state index in [9.17, 15) is 14.7 Å². The fraction of sp³-hybridized carbons (Fsp3) is 0.520. The van der Waals surface area contributed by atoms with Crippen LogP contribution in [0.3, 0.4) is 0 Å². The van der Waals surface area contributed by atoms with Gasteiger partial charge in [-0.15, -0.1) is 0 Å². The third kappa shape index (κ3) is 5.60. The van der Waals surface area contributed by atoms with Gasteiger partial charge in [0.25, 0.3) is 5.91 Å². The lowest BCUT2D eigenvalue weighted by Gasteiger charge is -2.20. The molecule has 5 nitrogen and oxygen atoms in total. The molecular weight excluding hydrogens is 376 g/mol. The number of likely N-dealkylation sites (tertiary alicyclic amines) is 1. The van der Waals surface area contributed by atoms with Gasteiger partial charge in [0.15, 0.2) is 6.10 Å². The summed E-state index contributed by atoms with van der Waals surface area (Å²) in [7, 11) is 0. The van der Waals surface area contributed by atoms with Gasteiger partial charge in [-0.3, -0.25) is 9.59 Å². The van der Waals surface area contributed by atoms with E-state index in [1.165, 1.54) is 19.3 Å². The van der Waals surface area contributed by atoms with Gasteiger partial charge >= 0.3 is 0 Å². The van der Waals surface area contributed by atoms with Crippen LogP contribution in [0.1, 0.15) is 64.0 Å². The van der Waals surface area contributed by atoms with Gasteiger partial charge in [0.1, 0.15) is 0 Å². The summed E-state index contributed by atoms with van der Waals surface area (Å²) >= 11 is 0. The van der Waals surface area contributed by atoms with E-state index in [0.29, 0.717) is 25.1 Å². The summed E-state index contributed by atoms with van der Waals surface area (Å²) in [5, 5.41) is 15.6. The number of carbonyl (C=O) groups excluding carboxylic acids is 2. The van der Waals surface area contributed by atoms with Crippen LogP contribution in [0.5, 0.6) is 0 Å². The van der Waals surface area contributed by atoms with E-state index >= 15 is 0 Å². The van der Waals surface area contributed by atoms with Crippen LogP contribution in [0.25, 0.3) is 10.8 Å². The van der Waals surface area contributed by atoms with Crippen molar-refractivity contribution in [1.82, 2.24) is 10.2 Å². The first-order valence-electron chi connectivity index (χ1n) is 11.2. The number of aliphatic hydroxyl groups is 1. The normalized spacial score (nSPS) is 19.8. The number of aliphatic hydroxyl groups excluding tert-OH is 1. The van der Waals surface area contributed by atoms with Crippen LogP contribution < -0.4 is 5.32 Å². The van der Waals surface area contributed by atoms with E-state index in [-0.39, 0.29) is 17.9 Å². The Hall–Kier alpha value is -2.40. The second-order valence-electron chi connectivity index (χ2n) is 8.56. The van der Waals surface area contributed by atoms with E-state index in [0.717, 1.165) is 23.6 Å². The first-order valence-corrected chi connectivity index (χ1v) is 11.2. The molecule has 1 fully saturated rings. The molecule has 0 spiro atoms. The molecular formula is C25H34N2O3. The number of carbonyl (C=O) groups is 2. The fourth-order valence-electron chi connectivity index (χ4n) is 4.19. The Morgan fingerprint density at radius 1 is 1.07 bits per heavy atom. The van der Waals surface area contributed by atoms with Gasteiger partial charge < -0.3 is 15.3 Å². The zero-order valence-corrected chi connectivity index (χ0v) is 18.1. The molecule has 2 amide bonds. The summed E-state index contributed by atoms with van der Waals surface area (Å²) in [4.78, 5) is 27.0. The molecule has 5 heteroatoms. The van der Waals surface area contributed by atoms with Gasteiger partial charge in [-0.05, 0) is 34.7 Å². The third-order valence-corrected chi connectivity index (χ3v) is 6.12.